The van der Waals surface area contributed by atoms with Crippen molar-refractivity contribution in [3.05, 3.63) is 94.8 Å². The summed E-state index contributed by atoms with van der Waals surface area (Å²) in [7, 11) is -7.08. The van der Waals surface area contributed by atoms with Crippen LogP contribution >= 0.6 is 11.6 Å². The molecule has 0 saturated carbocycles. The molecule has 3 aromatic carbocycles. The Kier molecular flexibility index (Phi) is 7.96. The fourth-order valence-electron chi connectivity index (χ4n) is 5.48. The van der Waals surface area contributed by atoms with Gasteiger partial charge in [-0.25, -0.2) is 21.2 Å². The second-order valence-corrected chi connectivity index (χ2v) is 15.2. The monoisotopic (exact) mass is 605 g/mol. The molecular weight excluding hydrogens is 577 g/mol. The van der Waals surface area contributed by atoms with Gasteiger partial charge in [-0.2, -0.15) is 0 Å². The first-order valence-electron chi connectivity index (χ1n) is 13.0. The van der Waals surface area contributed by atoms with Crippen molar-refractivity contribution in [2.45, 2.75) is 35.5 Å². The van der Waals surface area contributed by atoms with Gasteiger partial charge in [-0.15, -0.1) is 0 Å². The maximum absolute atomic E-state index is 14.2. The molecule has 1 unspecified atom stereocenters. The lowest BCUT2D eigenvalue weighted by molar-refractivity contribution is -0.134. The quantitative estimate of drug-likeness (QED) is 0.384. The van der Waals surface area contributed by atoms with Crippen LogP contribution < -0.4 is 4.74 Å². The summed E-state index contributed by atoms with van der Waals surface area (Å²) in [5.41, 5.74) is 0.728. The molecule has 1 amide bonds. The second-order valence-electron chi connectivity index (χ2n) is 10.3. The van der Waals surface area contributed by atoms with Gasteiger partial charge >= 0.3 is 0 Å². The first-order chi connectivity index (χ1) is 19.0. The molecule has 1 atom stereocenters. The van der Waals surface area contributed by atoms with E-state index in [1.807, 2.05) is 0 Å². The minimum atomic E-state index is -3.95. The Morgan fingerprint density at radius 1 is 1.00 bits per heavy atom. The number of carbonyl (C=O) groups is 1. The highest BCUT2D eigenvalue weighted by Gasteiger charge is 2.52. The van der Waals surface area contributed by atoms with E-state index in [1.165, 1.54) is 12.1 Å². The van der Waals surface area contributed by atoms with Gasteiger partial charge in [0.05, 0.1) is 21.4 Å². The van der Waals surface area contributed by atoms with Gasteiger partial charge < -0.3 is 9.64 Å². The van der Waals surface area contributed by atoms with Crippen LogP contribution in [0.5, 0.6) is 5.75 Å². The normalized spacial score (nSPS) is 21.3. The predicted octanol–water partition coefficient (Wildman–Crippen LogP) is 4.78. The number of rotatable bonds is 7. The summed E-state index contributed by atoms with van der Waals surface area (Å²) in [6.45, 7) is 0.0905. The smallest absolute Gasteiger partial charge is 0.225 e. The molecule has 2 aliphatic heterocycles. The molecule has 7 nitrogen and oxygen atoms in total. The Morgan fingerprint density at radius 2 is 1.68 bits per heavy atom. The third-order valence-corrected chi connectivity index (χ3v) is 12.4. The fourth-order valence-corrected chi connectivity index (χ4v) is 9.29. The maximum Gasteiger partial charge on any atom is 0.225 e. The number of hydrogen-bond donors (Lipinski definition) is 0. The van der Waals surface area contributed by atoms with Crippen molar-refractivity contribution < 1.29 is 30.8 Å². The van der Waals surface area contributed by atoms with Gasteiger partial charge in [-0.3, -0.25) is 4.79 Å². The van der Waals surface area contributed by atoms with E-state index in [-0.39, 0.29) is 71.9 Å². The predicted molar refractivity (Wildman–Crippen MR) is 150 cm³/mol. The lowest BCUT2D eigenvalue weighted by Crippen LogP contribution is -2.43. The van der Waals surface area contributed by atoms with Gasteiger partial charge in [0.2, 0.25) is 5.91 Å². The summed E-state index contributed by atoms with van der Waals surface area (Å²) >= 11 is 6.09. The molecule has 0 N–H and O–H groups in total. The van der Waals surface area contributed by atoms with E-state index in [1.54, 1.807) is 65.6 Å². The number of benzene rings is 3. The Balaban J connectivity index is 1.42. The molecule has 11 heteroatoms. The van der Waals surface area contributed by atoms with Gasteiger partial charge in [-0.1, -0.05) is 48.0 Å². The van der Waals surface area contributed by atoms with E-state index in [0.29, 0.717) is 11.3 Å². The zero-order valence-corrected chi connectivity index (χ0v) is 24.0. The largest absolute Gasteiger partial charge is 0.489 e. The first-order valence-corrected chi connectivity index (χ1v) is 16.7. The van der Waals surface area contributed by atoms with Crippen molar-refractivity contribution in [2.24, 2.45) is 5.92 Å². The molecule has 40 heavy (non-hydrogen) atoms. The van der Waals surface area contributed by atoms with Crippen molar-refractivity contribution in [1.82, 2.24) is 4.90 Å². The van der Waals surface area contributed by atoms with Crippen LogP contribution in [0.4, 0.5) is 4.39 Å². The lowest BCUT2D eigenvalue weighted by atomic mass is 9.97. The standard InChI is InChI=1S/C29H29ClFNO6S2/c30-26-7-4-8-27(31)25(26)19-38-23-11-9-22(10-12-23)29(40(36,37)24-5-2-1-3-6-24)15-16-32(20-29)28(33)21-13-17-39(34,35)18-14-21/h1-12,21H,13-20H2. The van der Waals surface area contributed by atoms with Crippen molar-refractivity contribution in [1.29, 1.82) is 0 Å². The zero-order chi connectivity index (χ0) is 28.5. The third-order valence-electron chi connectivity index (χ3n) is 7.84. The molecule has 5 rings (SSSR count). The Labute approximate surface area is 238 Å². The summed E-state index contributed by atoms with van der Waals surface area (Å²) in [6, 6.07) is 19.1. The van der Waals surface area contributed by atoms with Crippen LogP contribution in [-0.2, 0) is 35.8 Å². The second kappa shape index (κ2) is 11.1. The van der Waals surface area contributed by atoms with E-state index < -0.39 is 36.2 Å². The summed E-state index contributed by atoms with van der Waals surface area (Å²) in [6.07, 6.45) is 0.675. The number of likely N-dealkylation sites (tertiary alicyclic amines) is 1. The highest BCUT2D eigenvalue weighted by atomic mass is 35.5. The molecule has 0 aromatic heterocycles. The SMILES string of the molecule is O=C(C1CCS(=O)(=O)CC1)N1CCC(c2ccc(OCc3c(F)cccc3Cl)cc2)(S(=O)(=O)c2ccccc2)C1. The van der Waals surface area contributed by atoms with Crippen molar-refractivity contribution >= 4 is 37.2 Å². The van der Waals surface area contributed by atoms with Gasteiger partial charge in [0.25, 0.3) is 0 Å². The van der Waals surface area contributed by atoms with E-state index in [2.05, 4.69) is 0 Å². The molecule has 0 aliphatic carbocycles. The summed E-state index contributed by atoms with van der Waals surface area (Å²) in [5, 5.41) is 0.246. The van der Waals surface area contributed by atoms with Gasteiger partial charge in [-0.05, 0) is 61.2 Å². The summed E-state index contributed by atoms with van der Waals surface area (Å²) in [5.74, 6) is -0.802. The van der Waals surface area contributed by atoms with E-state index in [4.69, 9.17) is 16.3 Å². The highest BCUT2D eigenvalue weighted by Crippen LogP contribution is 2.44. The lowest BCUT2D eigenvalue weighted by Gasteiger charge is -2.31. The number of sulfone groups is 2. The number of nitrogens with zero attached hydrogens (tertiary/aromatic N) is 1. The van der Waals surface area contributed by atoms with Crippen LogP contribution in [0, 0.1) is 11.7 Å². The molecular formula is C29H29ClFNO6S2. The molecule has 0 bridgehead atoms. The Hall–Kier alpha value is -2.95. The molecule has 212 valence electrons. The van der Waals surface area contributed by atoms with E-state index >= 15 is 0 Å². The number of halogens is 2. The molecule has 2 heterocycles. The summed E-state index contributed by atoms with van der Waals surface area (Å²) < 4.78 is 70.5. The van der Waals surface area contributed by atoms with E-state index in [9.17, 15) is 26.0 Å². The number of amides is 1. The number of hydrogen-bond acceptors (Lipinski definition) is 6. The van der Waals surface area contributed by atoms with Crippen LogP contribution in [0.25, 0.3) is 0 Å². The number of ether oxygens (including phenoxy) is 1. The Morgan fingerprint density at radius 3 is 2.33 bits per heavy atom. The number of carbonyl (C=O) groups excluding carboxylic acids is 1. The first kappa shape index (κ1) is 28.6. The van der Waals surface area contributed by atoms with Crippen LogP contribution in [0.1, 0.15) is 30.4 Å². The zero-order valence-electron chi connectivity index (χ0n) is 21.6. The maximum atomic E-state index is 14.2. The summed E-state index contributed by atoms with van der Waals surface area (Å²) in [4.78, 5) is 15.1. The van der Waals surface area contributed by atoms with Gasteiger partial charge in [0.1, 0.15) is 32.8 Å². The van der Waals surface area contributed by atoms with E-state index in [0.717, 1.165) is 0 Å². The van der Waals surface area contributed by atoms with Gasteiger partial charge in [0, 0.05) is 24.6 Å². The fraction of sp³-hybridized carbons (Fsp3) is 0.345. The van der Waals surface area contributed by atoms with Crippen molar-refractivity contribution in [2.75, 3.05) is 24.6 Å². The molecule has 0 radical (unpaired) electrons. The molecule has 3 aromatic rings. The van der Waals surface area contributed by atoms with Crippen LogP contribution in [0.2, 0.25) is 5.02 Å². The molecule has 2 aliphatic rings. The van der Waals surface area contributed by atoms with Crippen LogP contribution in [-0.4, -0.2) is 52.2 Å². The topological polar surface area (TPSA) is 97.8 Å². The molecule has 0 spiro atoms. The highest BCUT2D eigenvalue weighted by molar-refractivity contribution is 7.92. The van der Waals surface area contributed by atoms with Crippen molar-refractivity contribution in [3.8, 4) is 5.75 Å². The average Bonchev–Trinajstić information content (AvgIpc) is 3.41. The molecule has 2 fully saturated rings. The molecule has 2 saturated heterocycles. The van der Waals surface area contributed by atoms with Crippen LogP contribution in [0.3, 0.4) is 0 Å². The Bertz CT molecular complexity index is 1580. The average molecular weight is 606 g/mol. The third kappa shape index (κ3) is 5.49. The minimum Gasteiger partial charge on any atom is -0.489 e. The van der Waals surface area contributed by atoms with Crippen molar-refractivity contribution in [3.63, 3.8) is 0 Å². The minimum absolute atomic E-state index is 0.0374. The van der Waals surface area contributed by atoms with Crippen LogP contribution in [0.15, 0.2) is 77.7 Å². The van der Waals surface area contributed by atoms with Gasteiger partial charge in [0.15, 0.2) is 9.84 Å².